The molecule has 1 rings (SSSR count). The first-order valence-electron chi connectivity index (χ1n) is 5.80. The SMILES string of the molecule is CNCCC(=O)NC(C)Cc1ccc(F)cc1. The van der Waals surface area contributed by atoms with Crippen LogP contribution in [0.3, 0.4) is 0 Å². The largest absolute Gasteiger partial charge is 0.353 e. The van der Waals surface area contributed by atoms with E-state index in [4.69, 9.17) is 0 Å². The molecule has 1 aromatic carbocycles. The van der Waals surface area contributed by atoms with Crippen molar-refractivity contribution in [3.63, 3.8) is 0 Å². The third kappa shape index (κ3) is 5.45. The molecule has 0 heterocycles. The van der Waals surface area contributed by atoms with Gasteiger partial charge in [0, 0.05) is 19.0 Å². The Labute approximate surface area is 101 Å². The van der Waals surface area contributed by atoms with Crippen LogP contribution in [0, 0.1) is 5.82 Å². The molecule has 0 bridgehead atoms. The van der Waals surface area contributed by atoms with E-state index in [0.29, 0.717) is 19.4 Å². The number of amides is 1. The molecule has 0 aliphatic rings. The molecule has 17 heavy (non-hydrogen) atoms. The van der Waals surface area contributed by atoms with Gasteiger partial charge in [0.05, 0.1) is 0 Å². The van der Waals surface area contributed by atoms with Gasteiger partial charge in [-0.2, -0.15) is 0 Å². The van der Waals surface area contributed by atoms with Crippen molar-refractivity contribution in [2.75, 3.05) is 13.6 Å². The van der Waals surface area contributed by atoms with Crippen molar-refractivity contribution in [2.45, 2.75) is 25.8 Å². The Morgan fingerprint density at radius 1 is 1.35 bits per heavy atom. The van der Waals surface area contributed by atoms with E-state index in [1.165, 1.54) is 12.1 Å². The predicted octanol–water partition coefficient (Wildman–Crippen LogP) is 1.48. The van der Waals surface area contributed by atoms with Gasteiger partial charge in [-0.3, -0.25) is 4.79 Å². The number of carbonyl (C=O) groups excluding carboxylic acids is 1. The second-order valence-electron chi connectivity index (χ2n) is 4.15. The fraction of sp³-hybridized carbons (Fsp3) is 0.462. The lowest BCUT2D eigenvalue weighted by Gasteiger charge is -2.13. The molecule has 1 unspecified atom stereocenters. The highest BCUT2D eigenvalue weighted by molar-refractivity contribution is 5.76. The van der Waals surface area contributed by atoms with E-state index in [1.807, 2.05) is 14.0 Å². The average Bonchev–Trinajstić information content (AvgIpc) is 2.29. The maximum absolute atomic E-state index is 12.7. The van der Waals surface area contributed by atoms with E-state index in [0.717, 1.165) is 5.56 Å². The van der Waals surface area contributed by atoms with Crippen LogP contribution < -0.4 is 10.6 Å². The first-order valence-corrected chi connectivity index (χ1v) is 5.80. The molecule has 1 amide bonds. The molecule has 94 valence electrons. The molecule has 0 fully saturated rings. The van der Waals surface area contributed by atoms with Gasteiger partial charge in [-0.1, -0.05) is 12.1 Å². The predicted molar refractivity (Wildman–Crippen MR) is 66.3 cm³/mol. The number of hydrogen-bond donors (Lipinski definition) is 2. The minimum atomic E-state index is -0.237. The summed E-state index contributed by atoms with van der Waals surface area (Å²) in [6.07, 6.45) is 1.19. The molecule has 0 aromatic heterocycles. The lowest BCUT2D eigenvalue weighted by atomic mass is 10.1. The summed E-state index contributed by atoms with van der Waals surface area (Å²) in [5.41, 5.74) is 1.02. The Balaban J connectivity index is 2.36. The summed E-state index contributed by atoms with van der Waals surface area (Å²) in [5.74, 6) is -0.201. The van der Waals surface area contributed by atoms with Crippen LogP contribution in [-0.2, 0) is 11.2 Å². The van der Waals surface area contributed by atoms with Gasteiger partial charge < -0.3 is 10.6 Å². The van der Waals surface area contributed by atoms with Gasteiger partial charge in [-0.15, -0.1) is 0 Å². The van der Waals surface area contributed by atoms with Crippen molar-refractivity contribution in [1.82, 2.24) is 10.6 Å². The van der Waals surface area contributed by atoms with E-state index < -0.39 is 0 Å². The molecular formula is C13H19FN2O. The monoisotopic (exact) mass is 238 g/mol. The van der Waals surface area contributed by atoms with E-state index in [2.05, 4.69) is 10.6 Å². The van der Waals surface area contributed by atoms with Gasteiger partial charge in [0.2, 0.25) is 5.91 Å². The number of nitrogens with one attached hydrogen (secondary N) is 2. The van der Waals surface area contributed by atoms with Gasteiger partial charge >= 0.3 is 0 Å². The molecule has 1 atom stereocenters. The molecular weight excluding hydrogens is 219 g/mol. The summed E-state index contributed by atoms with van der Waals surface area (Å²) < 4.78 is 12.7. The number of halogens is 1. The first-order chi connectivity index (χ1) is 8.11. The summed E-state index contributed by atoms with van der Waals surface area (Å²) in [4.78, 5) is 11.4. The van der Waals surface area contributed by atoms with Crippen LogP contribution in [0.2, 0.25) is 0 Å². The van der Waals surface area contributed by atoms with Crippen LogP contribution in [0.4, 0.5) is 4.39 Å². The Hall–Kier alpha value is -1.42. The Morgan fingerprint density at radius 3 is 2.59 bits per heavy atom. The van der Waals surface area contributed by atoms with Crippen molar-refractivity contribution >= 4 is 5.91 Å². The smallest absolute Gasteiger partial charge is 0.221 e. The van der Waals surface area contributed by atoms with Crippen molar-refractivity contribution < 1.29 is 9.18 Å². The maximum atomic E-state index is 12.7. The summed E-state index contributed by atoms with van der Waals surface area (Å²) in [5, 5.41) is 5.83. The molecule has 3 nitrogen and oxygen atoms in total. The van der Waals surface area contributed by atoms with Crippen LogP contribution in [0.25, 0.3) is 0 Å². The van der Waals surface area contributed by atoms with Gasteiger partial charge in [0.25, 0.3) is 0 Å². The molecule has 1 aromatic rings. The van der Waals surface area contributed by atoms with Crippen molar-refractivity contribution in [3.8, 4) is 0 Å². The highest BCUT2D eigenvalue weighted by atomic mass is 19.1. The van der Waals surface area contributed by atoms with Gasteiger partial charge in [0.1, 0.15) is 5.82 Å². The minimum absolute atomic E-state index is 0.0361. The second kappa shape index (κ2) is 7.01. The van der Waals surface area contributed by atoms with E-state index in [9.17, 15) is 9.18 Å². The normalized spacial score (nSPS) is 12.2. The van der Waals surface area contributed by atoms with Crippen LogP contribution in [0.5, 0.6) is 0 Å². The number of rotatable bonds is 6. The third-order valence-corrected chi connectivity index (χ3v) is 2.46. The van der Waals surface area contributed by atoms with E-state index in [-0.39, 0.29) is 17.8 Å². The quantitative estimate of drug-likeness (QED) is 0.788. The van der Waals surface area contributed by atoms with Gasteiger partial charge in [-0.25, -0.2) is 4.39 Å². The number of benzene rings is 1. The van der Waals surface area contributed by atoms with Crippen LogP contribution >= 0.6 is 0 Å². The standard InChI is InChI=1S/C13H19FN2O/c1-10(16-13(17)7-8-15-2)9-11-3-5-12(14)6-4-11/h3-6,10,15H,7-9H2,1-2H3,(H,16,17). The summed E-state index contributed by atoms with van der Waals surface area (Å²) in [7, 11) is 1.81. The van der Waals surface area contributed by atoms with Gasteiger partial charge in [0.15, 0.2) is 0 Å². The van der Waals surface area contributed by atoms with Crippen LogP contribution in [0.15, 0.2) is 24.3 Å². The molecule has 0 saturated carbocycles. The maximum Gasteiger partial charge on any atom is 0.221 e. The minimum Gasteiger partial charge on any atom is -0.353 e. The fourth-order valence-corrected chi connectivity index (χ4v) is 1.61. The third-order valence-electron chi connectivity index (χ3n) is 2.46. The highest BCUT2D eigenvalue weighted by Crippen LogP contribution is 2.05. The molecule has 4 heteroatoms. The highest BCUT2D eigenvalue weighted by Gasteiger charge is 2.07. The summed E-state index contributed by atoms with van der Waals surface area (Å²) >= 11 is 0. The van der Waals surface area contributed by atoms with Crippen molar-refractivity contribution in [3.05, 3.63) is 35.6 Å². The summed E-state index contributed by atoms with van der Waals surface area (Å²) in [6.45, 7) is 2.62. The summed E-state index contributed by atoms with van der Waals surface area (Å²) in [6, 6.07) is 6.41. The zero-order chi connectivity index (χ0) is 12.7. The van der Waals surface area contributed by atoms with Crippen molar-refractivity contribution in [2.24, 2.45) is 0 Å². The van der Waals surface area contributed by atoms with Crippen molar-refractivity contribution in [1.29, 1.82) is 0 Å². The second-order valence-corrected chi connectivity index (χ2v) is 4.15. The van der Waals surface area contributed by atoms with Crippen LogP contribution in [-0.4, -0.2) is 25.5 Å². The topological polar surface area (TPSA) is 41.1 Å². The molecule has 0 spiro atoms. The number of carbonyl (C=O) groups is 1. The van der Waals surface area contributed by atoms with Crippen LogP contribution in [0.1, 0.15) is 18.9 Å². The van der Waals surface area contributed by atoms with E-state index >= 15 is 0 Å². The molecule has 0 aliphatic heterocycles. The molecule has 2 N–H and O–H groups in total. The molecule has 0 aliphatic carbocycles. The first kappa shape index (κ1) is 13.6. The average molecular weight is 238 g/mol. The lowest BCUT2D eigenvalue weighted by molar-refractivity contribution is -0.121. The van der Waals surface area contributed by atoms with E-state index in [1.54, 1.807) is 12.1 Å². The zero-order valence-corrected chi connectivity index (χ0v) is 10.3. The Morgan fingerprint density at radius 2 is 2.00 bits per heavy atom. The zero-order valence-electron chi connectivity index (χ0n) is 10.3. The molecule has 0 radical (unpaired) electrons. The Kier molecular flexibility index (Phi) is 5.63. The molecule has 0 saturated heterocycles. The lowest BCUT2D eigenvalue weighted by Crippen LogP contribution is -2.35. The fourth-order valence-electron chi connectivity index (χ4n) is 1.61. The van der Waals surface area contributed by atoms with Gasteiger partial charge in [-0.05, 0) is 38.1 Å². The number of hydrogen-bond acceptors (Lipinski definition) is 2. The Bertz CT molecular complexity index is 351.